The van der Waals surface area contributed by atoms with Gasteiger partial charge in [-0.15, -0.1) is 10.2 Å². The van der Waals surface area contributed by atoms with Crippen molar-refractivity contribution in [2.24, 2.45) is 0 Å². The molecule has 0 aliphatic carbocycles. The average molecular weight is 403 g/mol. The number of amides is 1. The Bertz CT molecular complexity index is 918. The average Bonchev–Trinajstić information content (AvgIpc) is 3.19. The normalized spacial score (nSPS) is 10.5. The highest BCUT2D eigenvalue weighted by molar-refractivity contribution is 7.99. The predicted octanol–water partition coefficient (Wildman–Crippen LogP) is 3.17. The van der Waals surface area contributed by atoms with Gasteiger partial charge < -0.3 is 19.2 Å². The Kier molecular flexibility index (Phi) is 6.85. The van der Waals surface area contributed by atoms with Crippen LogP contribution >= 0.6 is 11.8 Å². The van der Waals surface area contributed by atoms with Crippen LogP contribution in [0.25, 0.3) is 11.5 Å². The lowest BCUT2D eigenvalue weighted by Gasteiger charge is -2.10. The van der Waals surface area contributed by atoms with Gasteiger partial charge in [-0.25, -0.2) is 4.39 Å². The number of carbonyl (C=O) groups excluding carboxylic acids is 1. The monoisotopic (exact) mass is 403 g/mol. The van der Waals surface area contributed by atoms with Crippen molar-refractivity contribution >= 4 is 17.7 Å². The number of rotatable bonds is 9. The SMILES string of the molecule is COc1ccccc1OCCNC(=O)CSc1nnc(-c2ccc(F)cc2)o1. The molecule has 7 nitrogen and oxygen atoms in total. The number of thioether (sulfide) groups is 1. The van der Waals surface area contributed by atoms with Crippen molar-refractivity contribution in [1.29, 1.82) is 0 Å². The van der Waals surface area contributed by atoms with Gasteiger partial charge in [0.1, 0.15) is 12.4 Å². The first kappa shape index (κ1) is 19.7. The molecule has 1 amide bonds. The molecule has 3 rings (SSSR count). The highest BCUT2D eigenvalue weighted by Gasteiger charge is 2.11. The van der Waals surface area contributed by atoms with Crippen LogP contribution in [0.2, 0.25) is 0 Å². The lowest BCUT2D eigenvalue weighted by Crippen LogP contribution is -2.29. The highest BCUT2D eigenvalue weighted by Crippen LogP contribution is 2.25. The summed E-state index contributed by atoms with van der Waals surface area (Å²) < 4.78 is 29.2. The van der Waals surface area contributed by atoms with Gasteiger partial charge in [-0.05, 0) is 36.4 Å². The topological polar surface area (TPSA) is 86.5 Å². The number of hydrogen-bond acceptors (Lipinski definition) is 7. The molecule has 3 aromatic rings. The first-order valence-electron chi connectivity index (χ1n) is 8.40. The van der Waals surface area contributed by atoms with E-state index in [9.17, 15) is 9.18 Å². The smallest absolute Gasteiger partial charge is 0.277 e. The zero-order chi connectivity index (χ0) is 19.8. The fourth-order valence-corrected chi connectivity index (χ4v) is 2.84. The zero-order valence-corrected chi connectivity index (χ0v) is 15.9. The first-order valence-corrected chi connectivity index (χ1v) is 9.39. The van der Waals surface area contributed by atoms with Crippen molar-refractivity contribution in [2.75, 3.05) is 26.0 Å². The second-order valence-electron chi connectivity index (χ2n) is 5.52. The fraction of sp³-hybridized carbons (Fsp3) is 0.211. The Morgan fingerprint density at radius 1 is 1.14 bits per heavy atom. The molecule has 0 atom stereocenters. The van der Waals surface area contributed by atoms with Crippen LogP contribution in [0.5, 0.6) is 11.5 Å². The van der Waals surface area contributed by atoms with E-state index in [2.05, 4.69) is 15.5 Å². The molecule has 9 heteroatoms. The van der Waals surface area contributed by atoms with Crippen molar-refractivity contribution in [3.8, 4) is 23.0 Å². The molecule has 1 N–H and O–H groups in total. The number of ether oxygens (including phenoxy) is 2. The standard InChI is InChI=1S/C19H18FN3O4S/c1-25-15-4-2-3-5-16(15)26-11-10-21-17(24)12-28-19-23-22-18(27-19)13-6-8-14(20)9-7-13/h2-9H,10-12H2,1H3,(H,21,24). The van der Waals surface area contributed by atoms with E-state index >= 15 is 0 Å². The van der Waals surface area contributed by atoms with Crippen LogP contribution in [0.15, 0.2) is 58.2 Å². The van der Waals surface area contributed by atoms with Crippen molar-refractivity contribution in [1.82, 2.24) is 15.5 Å². The summed E-state index contributed by atoms with van der Waals surface area (Å²) >= 11 is 1.12. The molecule has 0 saturated heterocycles. The lowest BCUT2D eigenvalue weighted by atomic mass is 10.2. The summed E-state index contributed by atoms with van der Waals surface area (Å²) in [5.74, 6) is 1.12. The minimum atomic E-state index is -0.343. The molecule has 0 fully saturated rings. The third kappa shape index (κ3) is 5.46. The van der Waals surface area contributed by atoms with E-state index in [4.69, 9.17) is 13.9 Å². The largest absolute Gasteiger partial charge is 0.493 e. The molecule has 2 aromatic carbocycles. The van der Waals surface area contributed by atoms with E-state index in [1.807, 2.05) is 12.1 Å². The molecular weight excluding hydrogens is 385 g/mol. The van der Waals surface area contributed by atoms with E-state index in [0.717, 1.165) is 11.8 Å². The Morgan fingerprint density at radius 2 is 1.89 bits per heavy atom. The van der Waals surface area contributed by atoms with Gasteiger partial charge in [0, 0.05) is 5.56 Å². The zero-order valence-electron chi connectivity index (χ0n) is 15.1. The van der Waals surface area contributed by atoms with Crippen LogP contribution in [-0.4, -0.2) is 42.1 Å². The van der Waals surface area contributed by atoms with Crippen LogP contribution in [0.3, 0.4) is 0 Å². The third-order valence-electron chi connectivity index (χ3n) is 3.58. The predicted molar refractivity (Wildman–Crippen MR) is 102 cm³/mol. The fourth-order valence-electron chi connectivity index (χ4n) is 2.25. The van der Waals surface area contributed by atoms with Crippen LogP contribution in [0, 0.1) is 5.82 Å². The van der Waals surface area contributed by atoms with E-state index in [-0.39, 0.29) is 28.6 Å². The van der Waals surface area contributed by atoms with Gasteiger partial charge in [-0.1, -0.05) is 23.9 Å². The maximum atomic E-state index is 12.9. The number of hydrogen-bond donors (Lipinski definition) is 1. The van der Waals surface area contributed by atoms with Crippen LogP contribution in [0.1, 0.15) is 0 Å². The van der Waals surface area contributed by atoms with E-state index < -0.39 is 0 Å². The van der Waals surface area contributed by atoms with Gasteiger partial charge in [0.05, 0.1) is 19.4 Å². The highest BCUT2D eigenvalue weighted by atomic mass is 32.2. The molecule has 1 aromatic heterocycles. The maximum absolute atomic E-state index is 12.9. The number of nitrogens with zero attached hydrogens (tertiary/aromatic N) is 2. The molecular formula is C19H18FN3O4S. The second-order valence-corrected chi connectivity index (χ2v) is 6.44. The first-order chi connectivity index (χ1) is 13.7. The number of para-hydroxylation sites is 2. The number of benzene rings is 2. The second kappa shape index (κ2) is 9.75. The summed E-state index contributed by atoms with van der Waals surface area (Å²) in [5.41, 5.74) is 0.610. The van der Waals surface area contributed by atoms with Crippen molar-refractivity contribution in [3.63, 3.8) is 0 Å². The number of aromatic nitrogens is 2. The Labute approximate surface area is 165 Å². The van der Waals surface area contributed by atoms with Crippen LogP contribution in [0.4, 0.5) is 4.39 Å². The Morgan fingerprint density at radius 3 is 2.64 bits per heavy atom. The van der Waals surface area contributed by atoms with Gasteiger partial charge in [0.25, 0.3) is 5.22 Å². The molecule has 0 unspecified atom stereocenters. The van der Waals surface area contributed by atoms with Crippen molar-refractivity contribution in [2.45, 2.75) is 5.22 Å². The minimum absolute atomic E-state index is 0.125. The summed E-state index contributed by atoms with van der Waals surface area (Å²) in [4.78, 5) is 11.9. The summed E-state index contributed by atoms with van der Waals surface area (Å²) in [6.07, 6.45) is 0. The van der Waals surface area contributed by atoms with Gasteiger partial charge in [-0.2, -0.15) is 0 Å². The van der Waals surface area contributed by atoms with E-state index in [1.165, 1.54) is 12.1 Å². The van der Waals surface area contributed by atoms with Crippen molar-refractivity contribution in [3.05, 3.63) is 54.3 Å². The summed E-state index contributed by atoms with van der Waals surface area (Å²) in [7, 11) is 1.57. The summed E-state index contributed by atoms with van der Waals surface area (Å²) in [6, 6.07) is 13.0. The minimum Gasteiger partial charge on any atom is -0.493 e. The maximum Gasteiger partial charge on any atom is 0.277 e. The van der Waals surface area contributed by atoms with Gasteiger partial charge in [-0.3, -0.25) is 4.79 Å². The molecule has 0 radical (unpaired) electrons. The molecule has 0 saturated carbocycles. The van der Waals surface area contributed by atoms with Gasteiger partial charge in [0.2, 0.25) is 11.8 Å². The quantitative estimate of drug-likeness (QED) is 0.434. The number of nitrogens with one attached hydrogen (secondary N) is 1. The van der Waals surface area contributed by atoms with Crippen molar-refractivity contribution < 1.29 is 23.1 Å². The number of halogens is 1. The van der Waals surface area contributed by atoms with E-state index in [1.54, 1.807) is 31.4 Å². The third-order valence-corrected chi connectivity index (χ3v) is 4.39. The molecule has 0 aliphatic rings. The van der Waals surface area contributed by atoms with Gasteiger partial charge in [0.15, 0.2) is 11.5 Å². The Balaban J connectivity index is 1.39. The van der Waals surface area contributed by atoms with Gasteiger partial charge >= 0.3 is 0 Å². The number of carbonyl (C=O) groups is 1. The summed E-state index contributed by atoms with van der Waals surface area (Å²) in [5, 5.41) is 10.8. The van der Waals surface area contributed by atoms with Crippen LogP contribution < -0.4 is 14.8 Å². The van der Waals surface area contributed by atoms with E-state index in [0.29, 0.717) is 30.2 Å². The number of methoxy groups -OCH3 is 1. The molecule has 0 spiro atoms. The van der Waals surface area contributed by atoms with Crippen LogP contribution in [-0.2, 0) is 4.79 Å². The molecule has 28 heavy (non-hydrogen) atoms. The Hall–Kier alpha value is -3.07. The molecule has 0 bridgehead atoms. The molecule has 0 aliphatic heterocycles. The lowest BCUT2D eigenvalue weighted by molar-refractivity contribution is -0.118. The summed E-state index contributed by atoms with van der Waals surface area (Å²) in [6.45, 7) is 0.661. The molecule has 1 heterocycles. The molecule has 146 valence electrons.